The van der Waals surface area contributed by atoms with Crippen LogP contribution >= 0.6 is 0 Å². The molecule has 0 bridgehead atoms. The lowest BCUT2D eigenvalue weighted by Gasteiger charge is -2.34. The zero-order chi connectivity index (χ0) is 17.1. The fraction of sp³-hybridized carbons (Fsp3) is 0.632. The number of piperidine rings is 1. The largest absolute Gasteiger partial charge is 0.454 e. The van der Waals surface area contributed by atoms with E-state index in [1.807, 2.05) is 18.2 Å². The lowest BCUT2D eigenvalue weighted by molar-refractivity contribution is -0.122. The van der Waals surface area contributed by atoms with Crippen molar-refractivity contribution in [3.05, 3.63) is 23.8 Å². The summed E-state index contributed by atoms with van der Waals surface area (Å²) in [6, 6.07) is 6.31. The lowest BCUT2D eigenvalue weighted by atomic mass is 10.0. The minimum absolute atomic E-state index is 0.0928. The van der Waals surface area contributed by atoms with Crippen LogP contribution in [0.3, 0.4) is 0 Å². The number of aryl methyl sites for hydroxylation is 1. The van der Waals surface area contributed by atoms with Crippen LogP contribution in [0, 0.1) is 0 Å². The number of nitrogens with zero attached hydrogens (tertiary/aromatic N) is 1. The van der Waals surface area contributed by atoms with Gasteiger partial charge >= 0.3 is 0 Å². The molecule has 136 valence electrons. The molecule has 0 aliphatic carbocycles. The third-order valence-electron chi connectivity index (χ3n) is 5.33. The predicted molar refractivity (Wildman–Crippen MR) is 92.8 cm³/mol. The lowest BCUT2D eigenvalue weighted by Crippen LogP contribution is -2.52. The minimum atomic E-state index is 0.0928. The summed E-state index contributed by atoms with van der Waals surface area (Å²) in [5.41, 5.74) is 1.09. The quantitative estimate of drug-likeness (QED) is 0.880. The number of amides is 1. The van der Waals surface area contributed by atoms with Gasteiger partial charge < -0.3 is 19.5 Å². The molecule has 6 heteroatoms. The second-order valence-electron chi connectivity index (χ2n) is 7.06. The molecule has 1 aromatic carbocycles. The van der Waals surface area contributed by atoms with Gasteiger partial charge in [0, 0.05) is 6.42 Å². The number of carbonyl (C=O) groups excluding carboxylic acids is 1. The number of fused-ring (bicyclic) bond motifs is 1. The first kappa shape index (κ1) is 16.7. The number of benzene rings is 1. The fourth-order valence-electron chi connectivity index (χ4n) is 3.92. The van der Waals surface area contributed by atoms with Crippen LogP contribution < -0.4 is 14.8 Å². The minimum Gasteiger partial charge on any atom is -0.454 e. The fourth-order valence-corrected chi connectivity index (χ4v) is 3.92. The first-order valence-corrected chi connectivity index (χ1v) is 9.29. The van der Waals surface area contributed by atoms with Crippen LogP contribution in [0.25, 0.3) is 0 Å². The van der Waals surface area contributed by atoms with E-state index >= 15 is 0 Å². The molecule has 3 aliphatic rings. The van der Waals surface area contributed by atoms with Crippen molar-refractivity contribution in [2.24, 2.45) is 0 Å². The SMILES string of the molecule is O=C(CCc1ccc2c(c1)OCO2)NC1COCC1N1CCCCC1. The molecule has 1 aromatic rings. The van der Waals surface area contributed by atoms with Gasteiger partial charge in [-0.3, -0.25) is 9.69 Å². The third-order valence-corrected chi connectivity index (χ3v) is 5.33. The van der Waals surface area contributed by atoms with Crippen molar-refractivity contribution in [2.75, 3.05) is 33.1 Å². The molecule has 2 fully saturated rings. The van der Waals surface area contributed by atoms with Gasteiger partial charge in [-0.2, -0.15) is 0 Å². The Morgan fingerprint density at radius 1 is 1.12 bits per heavy atom. The highest BCUT2D eigenvalue weighted by molar-refractivity contribution is 5.76. The normalized spacial score (nSPS) is 25.9. The van der Waals surface area contributed by atoms with Gasteiger partial charge in [0.05, 0.1) is 25.3 Å². The van der Waals surface area contributed by atoms with Crippen LogP contribution in [-0.4, -0.2) is 56.0 Å². The average Bonchev–Trinajstić information content (AvgIpc) is 3.29. The second kappa shape index (κ2) is 7.62. The van der Waals surface area contributed by atoms with E-state index in [0.29, 0.717) is 25.5 Å². The van der Waals surface area contributed by atoms with Gasteiger partial charge in [-0.1, -0.05) is 12.5 Å². The van der Waals surface area contributed by atoms with E-state index in [4.69, 9.17) is 14.2 Å². The molecule has 2 atom stereocenters. The van der Waals surface area contributed by atoms with Gasteiger partial charge in [-0.25, -0.2) is 0 Å². The number of nitrogens with one attached hydrogen (secondary N) is 1. The zero-order valence-electron chi connectivity index (χ0n) is 14.5. The molecule has 0 saturated carbocycles. The summed E-state index contributed by atoms with van der Waals surface area (Å²) in [5, 5.41) is 3.19. The van der Waals surface area contributed by atoms with Crippen molar-refractivity contribution in [3.8, 4) is 11.5 Å². The van der Waals surface area contributed by atoms with Gasteiger partial charge in [-0.15, -0.1) is 0 Å². The number of ether oxygens (including phenoxy) is 3. The Morgan fingerprint density at radius 3 is 2.84 bits per heavy atom. The van der Waals surface area contributed by atoms with Crippen molar-refractivity contribution in [1.29, 1.82) is 0 Å². The first-order valence-electron chi connectivity index (χ1n) is 9.29. The van der Waals surface area contributed by atoms with Crippen molar-refractivity contribution in [3.63, 3.8) is 0 Å². The van der Waals surface area contributed by atoms with Gasteiger partial charge in [0.15, 0.2) is 11.5 Å². The second-order valence-corrected chi connectivity index (χ2v) is 7.06. The summed E-state index contributed by atoms with van der Waals surface area (Å²) in [7, 11) is 0. The van der Waals surface area contributed by atoms with Crippen LogP contribution in [0.4, 0.5) is 0 Å². The molecule has 2 unspecified atom stereocenters. The maximum absolute atomic E-state index is 12.4. The highest BCUT2D eigenvalue weighted by Crippen LogP contribution is 2.32. The first-order chi connectivity index (χ1) is 12.3. The summed E-state index contributed by atoms with van der Waals surface area (Å²) in [6.45, 7) is 3.87. The van der Waals surface area contributed by atoms with E-state index in [0.717, 1.165) is 36.8 Å². The number of hydrogen-bond donors (Lipinski definition) is 1. The number of rotatable bonds is 5. The Balaban J connectivity index is 1.28. The molecule has 2 saturated heterocycles. The standard InChI is InChI=1S/C19H26N2O4/c22-19(7-5-14-4-6-17-18(10-14)25-13-24-17)20-15-11-23-12-16(15)21-8-2-1-3-9-21/h4,6,10,15-16H,1-3,5,7-9,11-13H2,(H,20,22). The third kappa shape index (κ3) is 3.90. The number of likely N-dealkylation sites (tertiary alicyclic amines) is 1. The molecule has 0 aromatic heterocycles. The molecule has 4 rings (SSSR count). The van der Waals surface area contributed by atoms with Gasteiger partial charge in [0.2, 0.25) is 12.7 Å². The van der Waals surface area contributed by atoms with Crippen LogP contribution in [0.15, 0.2) is 18.2 Å². The number of hydrogen-bond acceptors (Lipinski definition) is 5. The van der Waals surface area contributed by atoms with Crippen molar-refractivity contribution >= 4 is 5.91 Å². The van der Waals surface area contributed by atoms with Crippen LogP contribution in [0.5, 0.6) is 11.5 Å². The van der Waals surface area contributed by atoms with E-state index in [1.165, 1.54) is 19.3 Å². The number of carbonyl (C=O) groups is 1. The Hall–Kier alpha value is -1.79. The highest BCUT2D eigenvalue weighted by Gasteiger charge is 2.34. The van der Waals surface area contributed by atoms with Crippen LogP contribution in [0.1, 0.15) is 31.2 Å². The summed E-state index contributed by atoms with van der Waals surface area (Å²) in [6.07, 6.45) is 4.99. The summed E-state index contributed by atoms with van der Waals surface area (Å²) in [4.78, 5) is 14.9. The highest BCUT2D eigenvalue weighted by atomic mass is 16.7. The van der Waals surface area contributed by atoms with E-state index in [-0.39, 0.29) is 18.7 Å². The zero-order valence-corrected chi connectivity index (χ0v) is 14.5. The van der Waals surface area contributed by atoms with Gasteiger partial charge in [-0.05, 0) is 50.0 Å². The molecule has 6 nitrogen and oxygen atoms in total. The Labute approximate surface area is 148 Å². The molecule has 3 heterocycles. The summed E-state index contributed by atoms with van der Waals surface area (Å²) < 4.78 is 16.4. The van der Waals surface area contributed by atoms with Crippen LogP contribution in [-0.2, 0) is 16.0 Å². The molecule has 3 aliphatic heterocycles. The monoisotopic (exact) mass is 346 g/mol. The van der Waals surface area contributed by atoms with Crippen molar-refractivity contribution in [1.82, 2.24) is 10.2 Å². The molecule has 1 N–H and O–H groups in total. The summed E-state index contributed by atoms with van der Waals surface area (Å²) >= 11 is 0. The predicted octanol–water partition coefficient (Wildman–Crippen LogP) is 1.72. The Kier molecular flexibility index (Phi) is 5.08. The molecule has 0 spiro atoms. The molecule has 25 heavy (non-hydrogen) atoms. The Morgan fingerprint density at radius 2 is 1.96 bits per heavy atom. The van der Waals surface area contributed by atoms with Gasteiger partial charge in [0.25, 0.3) is 0 Å². The molecular formula is C19H26N2O4. The maximum Gasteiger partial charge on any atom is 0.231 e. The molecule has 0 radical (unpaired) electrons. The van der Waals surface area contributed by atoms with Crippen molar-refractivity contribution in [2.45, 2.75) is 44.2 Å². The smallest absolute Gasteiger partial charge is 0.231 e. The van der Waals surface area contributed by atoms with Gasteiger partial charge in [0.1, 0.15) is 0 Å². The van der Waals surface area contributed by atoms with E-state index in [2.05, 4.69) is 10.2 Å². The van der Waals surface area contributed by atoms with Crippen molar-refractivity contribution < 1.29 is 19.0 Å². The van der Waals surface area contributed by atoms with Crippen LogP contribution in [0.2, 0.25) is 0 Å². The maximum atomic E-state index is 12.4. The molecule has 1 amide bonds. The van der Waals surface area contributed by atoms with E-state index in [9.17, 15) is 4.79 Å². The van der Waals surface area contributed by atoms with E-state index in [1.54, 1.807) is 0 Å². The average molecular weight is 346 g/mol. The molecular weight excluding hydrogens is 320 g/mol. The Bertz CT molecular complexity index is 615. The van der Waals surface area contributed by atoms with E-state index < -0.39 is 0 Å². The topological polar surface area (TPSA) is 60.0 Å². The summed E-state index contributed by atoms with van der Waals surface area (Å²) in [5.74, 6) is 1.64.